The molecule has 0 N–H and O–H groups in total. The molecule has 3 rings (SSSR count). The normalized spacial score (nSPS) is 17.7. The van der Waals surface area contributed by atoms with Gasteiger partial charge in [0.25, 0.3) is 0 Å². The topological polar surface area (TPSA) is 18.5 Å². The van der Waals surface area contributed by atoms with Gasteiger partial charge in [-0.05, 0) is 5.46 Å². The highest BCUT2D eigenvalue weighted by Gasteiger charge is 2.31. The first-order chi connectivity index (χ1) is 8.57. The number of hydrogen-bond acceptors (Lipinski definition) is 2. The Morgan fingerprint density at radius 3 is 2.50 bits per heavy atom. The third-order valence-electron chi connectivity index (χ3n) is 3.42. The first-order valence-corrected chi connectivity index (χ1v) is 9.76. The second kappa shape index (κ2) is 4.14. The van der Waals surface area contributed by atoms with Crippen LogP contribution in [0.5, 0.6) is 5.75 Å². The van der Waals surface area contributed by atoms with Crippen LogP contribution in [0.1, 0.15) is 11.5 Å². The lowest BCUT2D eigenvalue weighted by Gasteiger charge is -2.24. The van der Waals surface area contributed by atoms with Crippen molar-refractivity contribution in [3.05, 3.63) is 42.0 Å². The zero-order valence-corrected chi connectivity index (χ0v) is 11.9. The van der Waals surface area contributed by atoms with E-state index in [1.807, 2.05) is 0 Å². The maximum Gasteiger partial charge on any atom is 0.402 e. The van der Waals surface area contributed by atoms with Gasteiger partial charge in [-0.1, -0.05) is 61.3 Å². The molecule has 0 spiro atoms. The Kier molecular flexibility index (Phi) is 2.72. The minimum absolute atomic E-state index is 0.316. The van der Waals surface area contributed by atoms with Gasteiger partial charge in [0.15, 0.2) is 5.75 Å². The summed E-state index contributed by atoms with van der Waals surface area (Å²) in [5, 5.41) is 1.45. The van der Waals surface area contributed by atoms with Crippen molar-refractivity contribution >= 4 is 26.2 Å². The number of fused-ring (bicyclic) bond motifs is 1. The average Bonchev–Trinajstić information content (AvgIpc) is 2.97. The summed E-state index contributed by atoms with van der Waals surface area (Å²) in [5.74, 6) is 1.22. The summed E-state index contributed by atoms with van der Waals surface area (Å²) in [6.07, 6.45) is 8.61. The quantitative estimate of drug-likeness (QED) is 0.594. The van der Waals surface area contributed by atoms with E-state index in [0.717, 1.165) is 11.2 Å². The van der Waals surface area contributed by atoms with Crippen molar-refractivity contribution in [1.82, 2.24) is 0 Å². The van der Waals surface area contributed by atoms with Crippen molar-refractivity contribution in [3.8, 4) is 5.75 Å². The number of rotatable bonds is 2. The molecular weight excluding hydrogens is 239 g/mol. The summed E-state index contributed by atoms with van der Waals surface area (Å²) >= 11 is 0. The standard InChI is InChI=1S/C14H16BO2Si/c1-18(2,3)12-9-8-11-14(16-17-15-11)13(12)10-6-4-5-7-10/h4-10H,1-3H3. The van der Waals surface area contributed by atoms with Gasteiger partial charge in [0, 0.05) is 11.5 Å². The van der Waals surface area contributed by atoms with Gasteiger partial charge in [0.2, 0.25) is 0 Å². The Morgan fingerprint density at radius 1 is 1.11 bits per heavy atom. The molecule has 18 heavy (non-hydrogen) atoms. The van der Waals surface area contributed by atoms with Crippen molar-refractivity contribution < 1.29 is 9.69 Å². The Balaban J connectivity index is 2.21. The zero-order chi connectivity index (χ0) is 12.8. The van der Waals surface area contributed by atoms with E-state index in [0.29, 0.717) is 5.92 Å². The Hall–Kier alpha value is -1.26. The van der Waals surface area contributed by atoms with Crippen LogP contribution in [0.2, 0.25) is 19.6 Å². The first-order valence-electron chi connectivity index (χ1n) is 6.26. The zero-order valence-electron chi connectivity index (χ0n) is 10.9. The number of hydrogen-bond donors (Lipinski definition) is 0. The lowest BCUT2D eigenvalue weighted by atomic mass is 9.84. The van der Waals surface area contributed by atoms with Crippen molar-refractivity contribution in [2.24, 2.45) is 0 Å². The van der Waals surface area contributed by atoms with E-state index in [1.165, 1.54) is 10.8 Å². The summed E-state index contributed by atoms with van der Waals surface area (Å²) in [4.78, 5) is 10.4. The molecule has 1 aliphatic heterocycles. The second-order valence-electron chi connectivity index (χ2n) is 5.79. The number of allylic oxidation sites excluding steroid dienone is 4. The maximum atomic E-state index is 5.38. The molecule has 1 radical (unpaired) electrons. The SMILES string of the molecule is C[Si](C)(C)c1ccc2c(c1C1C=CC=C1)OO[B]2. The minimum atomic E-state index is -1.41. The summed E-state index contributed by atoms with van der Waals surface area (Å²) in [7, 11) is 0.270. The largest absolute Gasteiger partial charge is 0.402 e. The van der Waals surface area contributed by atoms with Crippen LogP contribution >= 0.6 is 0 Å². The molecule has 0 bridgehead atoms. The van der Waals surface area contributed by atoms with E-state index in [-0.39, 0.29) is 0 Å². The van der Waals surface area contributed by atoms with Gasteiger partial charge >= 0.3 is 7.48 Å². The predicted octanol–water partition coefficient (Wildman–Crippen LogP) is 2.01. The Bertz CT molecular complexity index is 531. The molecule has 0 aromatic heterocycles. The highest BCUT2D eigenvalue weighted by Crippen LogP contribution is 2.31. The van der Waals surface area contributed by atoms with Gasteiger partial charge in [0.05, 0.1) is 8.07 Å². The van der Waals surface area contributed by atoms with Crippen LogP contribution in [0.4, 0.5) is 0 Å². The van der Waals surface area contributed by atoms with E-state index in [1.54, 1.807) is 7.48 Å². The number of benzene rings is 1. The maximum absolute atomic E-state index is 5.38. The van der Waals surface area contributed by atoms with E-state index in [9.17, 15) is 0 Å². The summed E-state index contributed by atoms with van der Waals surface area (Å²) in [6, 6.07) is 4.34. The Morgan fingerprint density at radius 2 is 1.83 bits per heavy atom. The van der Waals surface area contributed by atoms with Crippen molar-refractivity contribution in [1.29, 1.82) is 0 Å². The van der Waals surface area contributed by atoms with E-state index in [4.69, 9.17) is 9.69 Å². The van der Waals surface area contributed by atoms with Crippen LogP contribution < -0.4 is 15.5 Å². The van der Waals surface area contributed by atoms with Crippen LogP contribution in [-0.2, 0) is 4.81 Å². The fraction of sp³-hybridized carbons (Fsp3) is 0.286. The first kappa shape index (κ1) is 11.8. The fourth-order valence-electron chi connectivity index (χ4n) is 2.54. The lowest BCUT2D eigenvalue weighted by Crippen LogP contribution is -2.41. The second-order valence-corrected chi connectivity index (χ2v) is 10.8. The molecule has 1 heterocycles. The summed E-state index contributed by atoms with van der Waals surface area (Å²) < 4.78 is 0. The lowest BCUT2D eigenvalue weighted by molar-refractivity contribution is -0.0867. The molecule has 0 saturated heterocycles. The fourth-order valence-corrected chi connectivity index (χ4v) is 4.21. The minimum Gasteiger partial charge on any atom is -0.354 e. The molecule has 0 atom stereocenters. The van der Waals surface area contributed by atoms with E-state index >= 15 is 0 Å². The molecule has 0 fully saturated rings. The molecule has 0 unspecified atom stereocenters. The van der Waals surface area contributed by atoms with Gasteiger partial charge in [-0.25, -0.2) is 0 Å². The molecule has 1 aromatic rings. The Labute approximate surface area is 110 Å². The molecule has 91 valence electrons. The van der Waals surface area contributed by atoms with Gasteiger partial charge in [-0.2, -0.15) is 0 Å². The molecule has 2 nitrogen and oxygen atoms in total. The highest BCUT2D eigenvalue weighted by molar-refractivity contribution is 6.89. The molecule has 0 amide bonds. The van der Waals surface area contributed by atoms with Gasteiger partial charge < -0.3 is 4.89 Å². The van der Waals surface area contributed by atoms with Crippen molar-refractivity contribution in [3.63, 3.8) is 0 Å². The third-order valence-corrected chi connectivity index (χ3v) is 5.47. The molecule has 1 aromatic carbocycles. The monoisotopic (exact) mass is 255 g/mol. The van der Waals surface area contributed by atoms with E-state index < -0.39 is 8.07 Å². The van der Waals surface area contributed by atoms with Crippen LogP contribution in [0.3, 0.4) is 0 Å². The van der Waals surface area contributed by atoms with Crippen molar-refractivity contribution in [2.45, 2.75) is 25.6 Å². The smallest absolute Gasteiger partial charge is 0.354 e. The van der Waals surface area contributed by atoms with Crippen molar-refractivity contribution in [2.75, 3.05) is 0 Å². The molecule has 1 aliphatic carbocycles. The third kappa shape index (κ3) is 1.85. The average molecular weight is 255 g/mol. The molecule has 0 saturated carbocycles. The van der Waals surface area contributed by atoms with Gasteiger partial charge in [-0.15, -0.1) is 0 Å². The van der Waals surface area contributed by atoms with E-state index in [2.05, 4.69) is 56.1 Å². The predicted molar refractivity (Wildman–Crippen MR) is 77.5 cm³/mol. The van der Waals surface area contributed by atoms with Crippen LogP contribution in [0.15, 0.2) is 36.4 Å². The van der Waals surface area contributed by atoms with Gasteiger partial charge in [0.1, 0.15) is 0 Å². The van der Waals surface area contributed by atoms with Crippen LogP contribution in [-0.4, -0.2) is 15.6 Å². The van der Waals surface area contributed by atoms with Crippen LogP contribution in [0, 0.1) is 0 Å². The molecule has 4 heteroatoms. The summed E-state index contributed by atoms with van der Waals surface area (Å²) in [5.41, 5.74) is 2.33. The highest BCUT2D eigenvalue weighted by atomic mass is 28.3. The molecule has 2 aliphatic rings. The van der Waals surface area contributed by atoms with Gasteiger partial charge in [-0.3, -0.25) is 4.81 Å². The summed E-state index contributed by atoms with van der Waals surface area (Å²) in [6.45, 7) is 7.08. The molecular formula is C14H16BO2Si. The van der Waals surface area contributed by atoms with Crippen LogP contribution in [0.25, 0.3) is 0 Å².